The fourth-order valence-electron chi connectivity index (χ4n) is 2.31. The van der Waals surface area contributed by atoms with Crippen LogP contribution in [0, 0.1) is 5.92 Å². The van der Waals surface area contributed by atoms with Crippen molar-refractivity contribution in [2.24, 2.45) is 5.92 Å². The molecular weight excluding hydrogens is 228 g/mol. The molecule has 0 aromatic carbocycles. The quantitative estimate of drug-likeness (QED) is 0.630. The molecule has 4 heteroatoms. The smallest absolute Gasteiger partial charge is 0.233 e. The highest BCUT2D eigenvalue weighted by Crippen LogP contribution is 2.17. The third-order valence-electron chi connectivity index (χ3n) is 3.55. The highest BCUT2D eigenvalue weighted by molar-refractivity contribution is 5.77. The van der Waals surface area contributed by atoms with E-state index in [2.05, 4.69) is 24.5 Å². The van der Waals surface area contributed by atoms with E-state index in [-0.39, 0.29) is 18.1 Å². The lowest BCUT2D eigenvalue weighted by Crippen LogP contribution is -2.44. The third kappa shape index (κ3) is 6.36. The monoisotopic (exact) mass is 256 g/mol. The van der Waals surface area contributed by atoms with Crippen LogP contribution in [0.1, 0.15) is 52.4 Å². The maximum Gasteiger partial charge on any atom is 0.233 e. The number of rotatable bonds is 6. The van der Waals surface area contributed by atoms with Crippen molar-refractivity contribution >= 4 is 5.91 Å². The summed E-state index contributed by atoms with van der Waals surface area (Å²) >= 11 is 0. The lowest BCUT2D eigenvalue weighted by atomic mass is 10.1. The zero-order valence-corrected chi connectivity index (χ0v) is 11.7. The van der Waals surface area contributed by atoms with Gasteiger partial charge in [-0.1, -0.05) is 33.1 Å². The lowest BCUT2D eigenvalue weighted by molar-refractivity contribution is -0.120. The van der Waals surface area contributed by atoms with Gasteiger partial charge in [0.15, 0.2) is 0 Å². The number of carbonyl (C=O) groups is 1. The zero-order valence-electron chi connectivity index (χ0n) is 11.7. The van der Waals surface area contributed by atoms with Crippen molar-refractivity contribution in [1.29, 1.82) is 0 Å². The van der Waals surface area contributed by atoms with Crippen molar-refractivity contribution in [2.75, 3.05) is 13.1 Å². The minimum atomic E-state index is -0.295. The molecule has 0 spiro atoms. The zero-order chi connectivity index (χ0) is 13.4. The Kier molecular flexibility index (Phi) is 7.28. The summed E-state index contributed by atoms with van der Waals surface area (Å²) in [6.07, 6.45) is 5.97. The van der Waals surface area contributed by atoms with E-state index in [1.54, 1.807) is 0 Å². The summed E-state index contributed by atoms with van der Waals surface area (Å²) in [7, 11) is 0. The number of carbonyl (C=O) groups excluding carboxylic acids is 1. The Morgan fingerprint density at radius 1 is 1.28 bits per heavy atom. The molecule has 0 bridgehead atoms. The van der Waals surface area contributed by atoms with Gasteiger partial charge in [0.2, 0.25) is 5.91 Å². The second-order valence-electron chi connectivity index (χ2n) is 5.73. The number of hydrogen-bond acceptors (Lipinski definition) is 3. The van der Waals surface area contributed by atoms with Crippen molar-refractivity contribution in [1.82, 2.24) is 10.6 Å². The molecule has 0 aromatic rings. The lowest BCUT2D eigenvalue weighted by Gasteiger charge is -2.21. The van der Waals surface area contributed by atoms with E-state index < -0.39 is 0 Å². The topological polar surface area (TPSA) is 61.4 Å². The molecule has 3 N–H and O–H groups in total. The molecule has 1 aliphatic rings. The van der Waals surface area contributed by atoms with Crippen molar-refractivity contribution in [3.8, 4) is 0 Å². The first-order valence-electron chi connectivity index (χ1n) is 7.27. The molecule has 106 valence electrons. The van der Waals surface area contributed by atoms with E-state index in [1.165, 1.54) is 6.42 Å². The fraction of sp³-hybridized carbons (Fsp3) is 0.929. The number of amides is 1. The van der Waals surface area contributed by atoms with Crippen molar-refractivity contribution in [2.45, 2.75) is 64.5 Å². The first kappa shape index (κ1) is 15.4. The molecule has 4 nitrogen and oxygen atoms in total. The van der Waals surface area contributed by atoms with Crippen LogP contribution in [0.4, 0.5) is 0 Å². The summed E-state index contributed by atoms with van der Waals surface area (Å²) < 4.78 is 0. The molecule has 18 heavy (non-hydrogen) atoms. The Bertz CT molecular complexity index is 244. The van der Waals surface area contributed by atoms with Gasteiger partial charge < -0.3 is 15.7 Å². The van der Waals surface area contributed by atoms with Gasteiger partial charge in [0, 0.05) is 12.6 Å². The van der Waals surface area contributed by atoms with Gasteiger partial charge in [-0.15, -0.1) is 0 Å². The number of nitrogens with one attached hydrogen (secondary N) is 2. The third-order valence-corrected chi connectivity index (χ3v) is 3.55. The van der Waals surface area contributed by atoms with E-state index >= 15 is 0 Å². The first-order chi connectivity index (χ1) is 8.59. The van der Waals surface area contributed by atoms with Crippen LogP contribution in [0.2, 0.25) is 0 Å². The molecular formula is C14H28N2O2. The summed E-state index contributed by atoms with van der Waals surface area (Å²) in [5, 5.41) is 16.0. The predicted octanol–water partition coefficient (Wildman–Crippen LogP) is 1.43. The Labute approximate surface area is 111 Å². The molecule has 1 fully saturated rings. The first-order valence-corrected chi connectivity index (χ1v) is 7.27. The fourth-order valence-corrected chi connectivity index (χ4v) is 2.31. The largest absolute Gasteiger partial charge is 0.392 e. The van der Waals surface area contributed by atoms with Crippen LogP contribution in [0.5, 0.6) is 0 Å². The van der Waals surface area contributed by atoms with Gasteiger partial charge in [-0.05, 0) is 25.2 Å². The number of aliphatic hydroxyl groups is 1. The maximum atomic E-state index is 11.6. The SMILES string of the molecule is CC(C)CCNC(=O)CNC1CCCCCC1O. The summed E-state index contributed by atoms with van der Waals surface area (Å²) in [4.78, 5) is 11.6. The Morgan fingerprint density at radius 3 is 2.72 bits per heavy atom. The van der Waals surface area contributed by atoms with Crippen molar-refractivity contribution in [3.63, 3.8) is 0 Å². The normalized spacial score (nSPS) is 24.9. The van der Waals surface area contributed by atoms with Gasteiger partial charge >= 0.3 is 0 Å². The van der Waals surface area contributed by atoms with Crippen LogP contribution in [0.15, 0.2) is 0 Å². The van der Waals surface area contributed by atoms with Gasteiger partial charge in [0.1, 0.15) is 0 Å². The molecule has 0 saturated heterocycles. The molecule has 0 aromatic heterocycles. The highest BCUT2D eigenvalue weighted by Gasteiger charge is 2.21. The van der Waals surface area contributed by atoms with Crippen LogP contribution in [0.25, 0.3) is 0 Å². The van der Waals surface area contributed by atoms with Crippen LogP contribution >= 0.6 is 0 Å². The van der Waals surface area contributed by atoms with E-state index in [4.69, 9.17) is 0 Å². The molecule has 2 unspecified atom stereocenters. The van der Waals surface area contributed by atoms with Gasteiger partial charge in [0.05, 0.1) is 12.6 Å². The van der Waals surface area contributed by atoms with Crippen LogP contribution in [-0.4, -0.2) is 36.2 Å². The Hall–Kier alpha value is -0.610. The van der Waals surface area contributed by atoms with Crippen molar-refractivity contribution < 1.29 is 9.90 Å². The molecule has 0 radical (unpaired) electrons. The van der Waals surface area contributed by atoms with Crippen LogP contribution in [-0.2, 0) is 4.79 Å². The molecule has 1 rings (SSSR count). The van der Waals surface area contributed by atoms with Crippen LogP contribution < -0.4 is 10.6 Å². The van der Waals surface area contributed by atoms with E-state index in [0.29, 0.717) is 12.5 Å². The second kappa shape index (κ2) is 8.48. The van der Waals surface area contributed by atoms with Crippen molar-refractivity contribution in [3.05, 3.63) is 0 Å². The van der Waals surface area contributed by atoms with Gasteiger partial charge in [-0.2, -0.15) is 0 Å². The minimum Gasteiger partial charge on any atom is -0.392 e. The average molecular weight is 256 g/mol. The molecule has 0 heterocycles. The molecule has 1 saturated carbocycles. The standard InChI is InChI=1S/C14H28N2O2/c1-11(2)8-9-15-14(18)10-16-12-6-4-3-5-7-13(12)17/h11-13,16-17H,3-10H2,1-2H3,(H,15,18). The number of aliphatic hydroxyl groups excluding tert-OH is 1. The predicted molar refractivity (Wildman–Crippen MR) is 73.3 cm³/mol. The van der Waals surface area contributed by atoms with Gasteiger partial charge in [-0.3, -0.25) is 4.79 Å². The minimum absolute atomic E-state index is 0.0343. The molecule has 1 aliphatic carbocycles. The summed E-state index contributed by atoms with van der Waals surface area (Å²) in [5.41, 5.74) is 0. The second-order valence-corrected chi connectivity index (χ2v) is 5.73. The summed E-state index contributed by atoms with van der Waals surface area (Å²) in [6, 6.07) is 0.0864. The van der Waals surface area contributed by atoms with E-state index in [1.807, 2.05) is 0 Å². The molecule has 2 atom stereocenters. The average Bonchev–Trinajstić information content (AvgIpc) is 2.51. The van der Waals surface area contributed by atoms with Gasteiger partial charge in [-0.25, -0.2) is 0 Å². The summed E-state index contributed by atoms with van der Waals surface area (Å²) in [6.45, 7) is 5.35. The van der Waals surface area contributed by atoms with E-state index in [0.717, 1.165) is 38.6 Å². The Morgan fingerprint density at radius 2 is 2.00 bits per heavy atom. The maximum absolute atomic E-state index is 11.6. The van der Waals surface area contributed by atoms with Crippen LogP contribution in [0.3, 0.4) is 0 Å². The number of hydrogen-bond donors (Lipinski definition) is 3. The van der Waals surface area contributed by atoms with Gasteiger partial charge in [0.25, 0.3) is 0 Å². The molecule has 0 aliphatic heterocycles. The molecule has 1 amide bonds. The highest BCUT2D eigenvalue weighted by atomic mass is 16.3. The van der Waals surface area contributed by atoms with E-state index in [9.17, 15) is 9.90 Å². The Balaban J connectivity index is 2.16. The summed E-state index contributed by atoms with van der Waals surface area (Å²) in [5.74, 6) is 0.647.